The predicted molar refractivity (Wildman–Crippen MR) is 88.6 cm³/mol. The molecule has 5 heteroatoms. The van der Waals surface area contributed by atoms with Gasteiger partial charge in [-0.05, 0) is 24.3 Å². The van der Waals surface area contributed by atoms with Gasteiger partial charge in [-0.15, -0.1) is 11.8 Å². The lowest BCUT2D eigenvalue weighted by atomic mass is 10.2. The van der Waals surface area contributed by atoms with Crippen molar-refractivity contribution in [1.29, 1.82) is 0 Å². The molecule has 3 aromatic rings. The zero-order valence-electron chi connectivity index (χ0n) is 12.4. The maximum atomic E-state index is 5.42. The van der Waals surface area contributed by atoms with Crippen molar-refractivity contribution < 1.29 is 9.47 Å². The number of aromatic nitrogens is 2. The van der Waals surface area contributed by atoms with E-state index in [4.69, 9.17) is 9.47 Å². The van der Waals surface area contributed by atoms with Crippen LogP contribution in [0.2, 0.25) is 0 Å². The summed E-state index contributed by atoms with van der Waals surface area (Å²) >= 11 is 1.67. The van der Waals surface area contributed by atoms with Crippen LogP contribution in [0.1, 0.15) is 5.56 Å². The fourth-order valence-electron chi connectivity index (χ4n) is 2.24. The van der Waals surface area contributed by atoms with Crippen molar-refractivity contribution in [3.8, 4) is 11.5 Å². The number of hydrogen-bond donors (Lipinski definition) is 0. The molecule has 112 valence electrons. The maximum absolute atomic E-state index is 5.42. The molecule has 1 heterocycles. The average molecular weight is 312 g/mol. The first-order valence-electron chi connectivity index (χ1n) is 6.85. The summed E-state index contributed by atoms with van der Waals surface area (Å²) in [4.78, 5) is 8.69. The van der Waals surface area contributed by atoms with E-state index in [-0.39, 0.29) is 0 Å². The van der Waals surface area contributed by atoms with E-state index in [9.17, 15) is 0 Å². The molecule has 0 saturated heterocycles. The second-order valence-corrected chi connectivity index (χ2v) is 5.63. The molecule has 0 aliphatic heterocycles. The van der Waals surface area contributed by atoms with Crippen molar-refractivity contribution in [1.82, 2.24) is 9.97 Å². The molecule has 0 fully saturated rings. The van der Waals surface area contributed by atoms with Crippen LogP contribution in [0.25, 0.3) is 10.9 Å². The van der Waals surface area contributed by atoms with E-state index in [0.717, 1.165) is 38.7 Å². The molecule has 0 saturated carbocycles. The van der Waals surface area contributed by atoms with Gasteiger partial charge in [-0.3, -0.25) is 0 Å². The number of ether oxygens (including phenoxy) is 2. The third kappa shape index (κ3) is 2.99. The second kappa shape index (κ2) is 6.66. The van der Waals surface area contributed by atoms with E-state index in [1.807, 2.05) is 42.5 Å². The lowest BCUT2D eigenvalue weighted by molar-refractivity contribution is 0.400. The highest BCUT2D eigenvalue weighted by Crippen LogP contribution is 2.32. The first-order chi connectivity index (χ1) is 10.8. The molecule has 22 heavy (non-hydrogen) atoms. The summed E-state index contributed by atoms with van der Waals surface area (Å²) in [7, 11) is 3.34. The minimum Gasteiger partial charge on any atom is -0.497 e. The molecule has 4 nitrogen and oxygen atoms in total. The summed E-state index contributed by atoms with van der Waals surface area (Å²) in [5, 5.41) is 2.03. The Bertz CT molecular complexity index is 787. The molecule has 0 unspecified atom stereocenters. The molecule has 0 radical (unpaired) electrons. The van der Waals surface area contributed by atoms with E-state index >= 15 is 0 Å². The van der Waals surface area contributed by atoms with E-state index in [0.29, 0.717) is 0 Å². The first-order valence-corrected chi connectivity index (χ1v) is 7.84. The third-order valence-corrected chi connectivity index (χ3v) is 4.41. The van der Waals surface area contributed by atoms with Crippen molar-refractivity contribution in [2.75, 3.05) is 14.2 Å². The number of benzene rings is 2. The summed E-state index contributed by atoms with van der Waals surface area (Å²) in [5.41, 5.74) is 2.03. The van der Waals surface area contributed by atoms with E-state index in [2.05, 4.69) is 9.97 Å². The van der Waals surface area contributed by atoms with Gasteiger partial charge in [0.1, 0.15) is 22.9 Å². The van der Waals surface area contributed by atoms with Crippen LogP contribution in [-0.4, -0.2) is 24.2 Å². The minimum atomic E-state index is 0.751. The van der Waals surface area contributed by atoms with Crippen molar-refractivity contribution in [2.45, 2.75) is 10.8 Å². The number of rotatable bonds is 5. The summed E-state index contributed by atoms with van der Waals surface area (Å²) in [5.74, 6) is 2.43. The standard InChI is InChI=1S/C17H16N2O2S/c1-20-13-7-8-16(21-2)12(9-13)10-22-17-14-5-3-4-6-15(14)18-11-19-17/h3-9,11H,10H2,1-2H3. The number of thioether (sulfide) groups is 1. The lowest BCUT2D eigenvalue weighted by Gasteiger charge is -2.10. The molecule has 3 rings (SSSR count). The van der Waals surface area contributed by atoms with Gasteiger partial charge in [-0.1, -0.05) is 18.2 Å². The van der Waals surface area contributed by atoms with Crippen LogP contribution in [-0.2, 0) is 5.75 Å². The molecule has 0 bridgehead atoms. The summed E-state index contributed by atoms with van der Waals surface area (Å²) in [6.45, 7) is 0. The monoisotopic (exact) mass is 312 g/mol. The Kier molecular flexibility index (Phi) is 4.44. The van der Waals surface area contributed by atoms with Crippen LogP contribution in [0, 0.1) is 0 Å². The van der Waals surface area contributed by atoms with Gasteiger partial charge < -0.3 is 9.47 Å². The molecule has 2 aromatic carbocycles. The molecule has 0 amide bonds. The molecular formula is C17H16N2O2S. The smallest absolute Gasteiger partial charge is 0.123 e. The fraction of sp³-hybridized carbons (Fsp3) is 0.176. The van der Waals surface area contributed by atoms with Gasteiger partial charge in [0.2, 0.25) is 0 Å². The van der Waals surface area contributed by atoms with Crippen molar-refractivity contribution in [2.24, 2.45) is 0 Å². The molecule has 0 atom stereocenters. The van der Waals surface area contributed by atoms with Gasteiger partial charge in [0, 0.05) is 16.7 Å². The topological polar surface area (TPSA) is 44.2 Å². The quantitative estimate of drug-likeness (QED) is 0.527. The van der Waals surface area contributed by atoms with E-state index in [1.165, 1.54) is 0 Å². The highest BCUT2D eigenvalue weighted by atomic mass is 32.2. The fourth-order valence-corrected chi connectivity index (χ4v) is 3.20. The Labute approximate surface area is 133 Å². The first kappa shape index (κ1) is 14.7. The Balaban J connectivity index is 1.88. The summed E-state index contributed by atoms with van der Waals surface area (Å²) in [6, 6.07) is 13.8. The summed E-state index contributed by atoms with van der Waals surface area (Å²) in [6.07, 6.45) is 1.60. The number of methoxy groups -OCH3 is 2. The second-order valence-electron chi connectivity index (χ2n) is 4.66. The maximum Gasteiger partial charge on any atom is 0.123 e. The Hall–Kier alpha value is -2.27. The van der Waals surface area contributed by atoms with Gasteiger partial charge >= 0.3 is 0 Å². The molecular weight excluding hydrogens is 296 g/mol. The highest BCUT2D eigenvalue weighted by molar-refractivity contribution is 7.98. The molecule has 0 N–H and O–H groups in total. The van der Waals surface area contributed by atoms with Gasteiger partial charge in [0.05, 0.1) is 19.7 Å². The van der Waals surface area contributed by atoms with Crippen LogP contribution < -0.4 is 9.47 Å². The van der Waals surface area contributed by atoms with Crippen LogP contribution in [0.15, 0.2) is 53.8 Å². The van der Waals surface area contributed by atoms with E-state index in [1.54, 1.807) is 32.3 Å². The van der Waals surface area contributed by atoms with Gasteiger partial charge in [0.15, 0.2) is 0 Å². The number of nitrogens with zero attached hydrogens (tertiary/aromatic N) is 2. The normalized spacial score (nSPS) is 10.6. The van der Waals surface area contributed by atoms with Crippen LogP contribution in [0.4, 0.5) is 0 Å². The largest absolute Gasteiger partial charge is 0.497 e. The predicted octanol–water partition coefficient (Wildman–Crippen LogP) is 3.94. The summed E-state index contributed by atoms with van der Waals surface area (Å²) < 4.78 is 10.7. The van der Waals surface area contributed by atoms with Crippen molar-refractivity contribution in [3.63, 3.8) is 0 Å². The lowest BCUT2D eigenvalue weighted by Crippen LogP contribution is -1.93. The van der Waals surface area contributed by atoms with Crippen LogP contribution >= 0.6 is 11.8 Å². The third-order valence-electron chi connectivity index (χ3n) is 3.36. The minimum absolute atomic E-state index is 0.751. The van der Waals surface area contributed by atoms with Gasteiger partial charge in [-0.2, -0.15) is 0 Å². The average Bonchev–Trinajstić information content (AvgIpc) is 2.59. The number of fused-ring (bicyclic) bond motifs is 1. The highest BCUT2D eigenvalue weighted by Gasteiger charge is 2.08. The molecule has 0 aliphatic rings. The van der Waals surface area contributed by atoms with Crippen molar-refractivity contribution >= 4 is 22.7 Å². The van der Waals surface area contributed by atoms with Crippen LogP contribution in [0.5, 0.6) is 11.5 Å². The number of para-hydroxylation sites is 1. The molecule has 0 spiro atoms. The van der Waals surface area contributed by atoms with Gasteiger partial charge in [-0.25, -0.2) is 9.97 Å². The Morgan fingerprint density at radius 3 is 2.68 bits per heavy atom. The van der Waals surface area contributed by atoms with E-state index < -0.39 is 0 Å². The zero-order chi connectivity index (χ0) is 15.4. The van der Waals surface area contributed by atoms with Crippen LogP contribution in [0.3, 0.4) is 0 Å². The SMILES string of the molecule is COc1ccc(OC)c(CSc2ncnc3ccccc23)c1. The Morgan fingerprint density at radius 2 is 1.86 bits per heavy atom. The zero-order valence-corrected chi connectivity index (χ0v) is 13.3. The Morgan fingerprint density at radius 1 is 1.00 bits per heavy atom. The molecule has 0 aliphatic carbocycles. The van der Waals surface area contributed by atoms with Gasteiger partial charge in [0.25, 0.3) is 0 Å². The molecule has 1 aromatic heterocycles. The van der Waals surface area contributed by atoms with Crippen molar-refractivity contribution in [3.05, 3.63) is 54.4 Å². The number of hydrogen-bond acceptors (Lipinski definition) is 5.